The summed E-state index contributed by atoms with van der Waals surface area (Å²) in [6, 6.07) is 7.84. The van der Waals surface area contributed by atoms with Crippen LogP contribution in [-0.2, 0) is 4.74 Å². The zero-order valence-electron chi connectivity index (χ0n) is 11.9. The summed E-state index contributed by atoms with van der Waals surface area (Å²) in [6.45, 7) is 10.0. The SMILES string of the molecule is CCC(C)(C)OC(=O)Nc1cccc(C(C)C)c1. The lowest BCUT2D eigenvalue weighted by atomic mass is 10.0. The largest absolute Gasteiger partial charge is 0.443 e. The number of nitrogens with one attached hydrogen (secondary N) is 1. The third-order valence-electron chi connectivity index (χ3n) is 3.02. The van der Waals surface area contributed by atoms with Gasteiger partial charge >= 0.3 is 6.09 Å². The maximum absolute atomic E-state index is 11.7. The molecule has 0 spiro atoms. The highest BCUT2D eigenvalue weighted by Crippen LogP contribution is 2.20. The second-order valence-electron chi connectivity index (χ2n) is 5.41. The average Bonchev–Trinajstić information content (AvgIpc) is 2.28. The summed E-state index contributed by atoms with van der Waals surface area (Å²) >= 11 is 0. The molecule has 0 unspecified atom stereocenters. The van der Waals surface area contributed by atoms with Crippen molar-refractivity contribution in [2.24, 2.45) is 0 Å². The van der Waals surface area contributed by atoms with Crippen molar-refractivity contribution in [1.29, 1.82) is 0 Å². The number of carbonyl (C=O) groups excluding carboxylic acids is 1. The van der Waals surface area contributed by atoms with Crippen molar-refractivity contribution in [2.75, 3.05) is 5.32 Å². The number of rotatable bonds is 4. The maximum Gasteiger partial charge on any atom is 0.412 e. The van der Waals surface area contributed by atoms with Crippen LogP contribution in [0.2, 0.25) is 0 Å². The predicted molar refractivity (Wildman–Crippen MR) is 75.0 cm³/mol. The highest BCUT2D eigenvalue weighted by molar-refractivity contribution is 5.84. The molecule has 0 saturated carbocycles. The Balaban J connectivity index is 2.68. The number of amides is 1. The van der Waals surface area contributed by atoms with Crippen LogP contribution in [-0.4, -0.2) is 11.7 Å². The summed E-state index contributed by atoms with van der Waals surface area (Å²) in [6.07, 6.45) is 0.384. The Morgan fingerprint density at radius 1 is 1.39 bits per heavy atom. The van der Waals surface area contributed by atoms with Gasteiger partial charge in [-0.25, -0.2) is 4.79 Å². The summed E-state index contributed by atoms with van der Waals surface area (Å²) in [5.41, 5.74) is 1.54. The first-order valence-electron chi connectivity index (χ1n) is 6.44. The molecule has 1 rings (SSSR count). The van der Waals surface area contributed by atoms with Gasteiger partial charge in [-0.05, 0) is 43.9 Å². The fraction of sp³-hybridized carbons (Fsp3) is 0.533. The zero-order chi connectivity index (χ0) is 13.8. The number of hydrogen-bond donors (Lipinski definition) is 1. The second-order valence-corrected chi connectivity index (χ2v) is 5.41. The van der Waals surface area contributed by atoms with E-state index in [4.69, 9.17) is 4.74 Å². The Morgan fingerprint density at radius 2 is 2.06 bits per heavy atom. The zero-order valence-corrected chi connectivity index (χ0v) is 11.9. The van der Waals surface area contributed by atoms with E-state index < -0.39 is 11.7 Å². The molecular formula is C15H23NO2. The van der Waals surface area contributed by atoms with Gasteiger partial charge in [0.2, 0.25) is 0 Å². The molecule has 1 aromatic rings. The molecule has 0 aromatic heterocycles. The minimum Gasteiger partial charge on any atom is -0.443 e. The van der Waals surface area contributed by atoms with Crippen molar-refractivity contribution in [3.05, 3.63) is 29.8 Å². The van der Waals surface area contributed by atoms with Crippen LogP contribution in [0, 0.1) is 0 Å². The molecule has 0 fully saturated rings. The van der Waals surface area contributed by atoms with Gasteiger partial charge in [0, 0.05) is 5.69 Å². The first kappa shape index (κ1) is 14.6. The lowest BCUT2D eigenvalue weighted by molar-refractivity contribution is 0.0462. The number of benzene rings is 1. The molecule has 0 atom stereocenters. The summed E-state index contributed by atoms with van der Waals surface area (Å²) < 4.78 is 5.34. The normalized spacial score (nSPS) is 11.4. The van der Waals surface area contributed by atoms with Gasteiger partial charge in [-0.1, -0.05) is 32.9 Å². The van der Waals surface area contributed by atoms with E-state index >= 15 is 0 Å². The molecule has 1 amide bonds. The molecule has 3 heteroatoms. The fourth-order valence-corrected chi connectivity index (χ4v) is 1.44. The van der Waals surface area contributed by atoms with Crippen molar-refractivity contribution < 1.29 is 9.53 Å². The summed E-state index contributed by atoms with van der Waals surface area (Å²) in [5.74, 6) is 0.440. The Hall–Kier alpha value is -1.51. The Kier molecular flexibility index (Phi) is 4.76. The summed E-state index contributed by atoms with van der Waals surface area (Å²) in [7, 11) is 0. The van der Waals surface area contributed by atoms with E-state index in [0.29, 0.717) is 5.92 Å². The lowest BCUT2D eigenvalue weighted by Gasteiger charge is -2.23. The van der Waals surface area contributed by atoms with Crippen LogP contribution in [0.4, 0.5) is 10.5 Å². The minimum absolute atomic E-state index is 0.400. The van der Waals surface area contributed by atoms with Crippen molar-refractivity contribution in [1.82, 2.24) is 0 Å². The monoisotopic (exact) mass is 249 g/mol. The van der Waals surface area contributed by atoms with E-state index in [1.807, 2.05) is 39.0 Å². The maximum atomic E-state index is 11.7. The van der Waals surface area contributed by atoms with Gasteiger partial charge in [0.05, 0.1) is 0 Å². The molecule has 0 heterocycles. The van der Waals surface area contributed by atoms with Crippen LogP contribution >= 0.6 is 0 Å². The molecule has 0 aliphatic rings. The quantitative estimate of drug-likeness (QED) is 0.850. The Morgan fingerprint density at radius 3 is 2.61 bits per heavy atom. The van der Waals surface area contributed by atoms with Crippen molar-refractivity contribution in [2.45, 2.75) is 52.6 Å². The average molecular weight is 249 g/mol. The molecule has 1 N–H and O–H groups in total. The van der Waals surface area contributed by atoms with Gasteiger partial charge in [0.25, 0.3) is 0 Å². The van der Waals surface area contributed by atoms with Crippen LogP contribution < -0.4 is 5.32 Å². The van der Waals surface area contributed by atoms with E-state index in [2.05, 4.69) is 25.2 Å². The first-order chi connectivity index (χ1) is 8.34. The van der Waals surface area contributed by atoms with E-state index in [1.54, 1.807) is 0 Å². The van der Waals surface area contributed by atoms with Crippen LogP contribution in [0.1, 0.15) is 52.5 Å². The highest BCUT2D eigenvalue weighted by atomic mass is 16.6. The molecule has 3 nitrogen and oxygen atoms in total. The van der Waals surface area contributed by atoms with E-state index in [9.17, 15) is 4.79 Å². The highest BCUT2D eigenvalue weighted by Gasteiger charge is 2.20. The number of hydrogen-bond acceptors (Lipinski definition) is 2. The molecule has 0 radical (unpaired) electrons. The topological polar surface area (TPSA) is 38.3 Å². The van der Waals surface area contributed by atoms with Crippen molar-refractivity contribution in [3.8, 4) is 0 Å². The van der Waals surface area contributed by atoms with Crippen LogP contribution in [0.25, 0.3) is 0 Å². The Labute approximate surface area is 110 Å². The molecule has 0 bridgehead atoms. The van der Waals surface area contributed by atoms with E-state index in [1.165, 1.54) is 5.56 Å². The number of anilines is 1. The third kappa shape index (κ3) is 4.40. The number of ether oxygens (including phenoxy) is 1. The summed E-state index contributed by atoms with van der Waals surface area (Å²) in [4.78, 5) is 11.7. The van der Waals surface area contributed by atoms with Gasteiger partial charge < -0.3 is 4.74 Å². The standard InChI is InChI=1S/C15H23NO2/c1-6-15(4,5)18-14(17)16-13-9-7-8-12(10-13)11(2)3/h7-11H,6H2,1-5H3,(H,16,17). The molecule has 0 aliphatic carbocycles. The Bertz CT molecular complexity index is 411. The van der Waals surface area contributed by atoms with E-state index in [0.717, 1.165) is 12.1 Å². The van der Waals surface area contributed by atoms with E-state index in [-0.39, 0.29) is 0 Å². The minimum atomic E-state index is -0.431. The molecule has 1 aromatic carbocycles. The van der Waals surface area contributed by atoms with Crippen LogP contribution in [0.15, 0.2) is 24.3 Å². The third-order valence-corrected chi connectivity index (χ3v) is 3.02. The molecule has 100 valence electrons. The second kappa shape index (κ2) is 5.89. The molecular weight excluding hydrogens is 226 g/mol. The first-order valence-corrected chi connectivity index (χ1v) is 6.44. The van der Waals surface area contributed by atoms with Crippen LogP contribution in [0.3, 0.4) is 0 Å². The molecule has 0 aliphatic heterocycles. The van der Waals surface area contributed by atoms with Gasteiger partial charge in [-0.3, -0.25) is 5.32 Å². The van der Waals surface area contributed by atoms with Crippen molar-refractivity contribution >= 4 is 11.8 Å². The van der Waals surface area contributed by atoms with Gasteiger partial charge in [0.15, 0.2) is 0 Å². The van der Waals surface area contributed by atoms with Gasteiger partial charge in [-0.2, -0.15) is 0 Å². The molecule has 18 heavy (non-hydrogen) atoms. The fourth-order valence-electron chi connectivity index (χ4n) is 1.44. The summed E-state index contributed by atoms with van der Waals surface area (Å²) in [5, 5.41) is 2.77. The van der Waals surface area contributed by atoms with Crippen molar-refractivity contribution in [3.63, 3.8) is 0 Å². The predicted octanol–water partition coefficient (Wildman–Crippen LogP) is 4.55. The molecule has 0 saturated heterocycles. The lowest BCUT2D eigenvalue weighted by Crippen LogP contribution is -2.29. The van der Waals surface area contributed by atoms with Gasteiger partial charge in [0.1, 0.15) is 5.60 Å². The number of carbonyl (C=O) groups is 1. The van der Waals surface area contributed by atoms with Gasteiger partial charge in [-0.15, -0.1) is 0 Å². The smallest absolute Gasteiger partial charge is 0.412 e. The van der Waals surface area contributed by atoms with Crippen LogP contribution in [0.5, 0.6) is 0 Å².